The average Bonchev–Trinajstić information content (AvgIpc) is 1.85. The lowest BCUT2D eigenvalue weighted by atomic mass is 10.1. The number of esters is 1. The molecule has 0 spiro atoms. The summed E-state index contributed by atoms with van der Waals surface area (Å²) in [6.45, 7) is 3.75. The van der Waals surface area contributed by atoms with Gasteiger partial charge in [-0.05, 0) is 0 Å². The highest BCUT2D eigenvalue weighted by Crippen LogP contribution is 2.16. The van der Waals surface area contributed by atoms with Gasteiger partial charge in [0.1, 0.15) is 12.2 Å². The summed E-state index contributed by atoms with van der Waals surface area (Å²) >= 11 is 0. The molecular formula is C8H10O3. The van der Waals surface area contributed by atoms with Crippen molar-refractivity contribution in [3.05, 3.63) is 11.8 Å². The number of hydrogen-bond donors (Lipinski definition) is 0. The summed E-state index contributed by atoms with van der Waals surface area (Å²) in [5.74, 6) is -0.0272. The first-order valence-electron chi connectivity index (χ1n) is 3.54. The van der Waals surface area contributed by atoms with E-state index >= 15 is 0 Å². The fourth-order valence-electron chi connectivity index (χ4n) is 0.833. The molecule has 3 nitrogen and oxygen atoms in total. The van der Waals surface area contributed by atoms with Gasteiger partial charge >= 0.3 is 5.97 Å². The Morgan fingerprint density at radius 2 is 2.09 bits per heavy atom. The van der Waals surface area contributed by atoms with E-state index in [1.807, 2.05) is 13.8 Å². The van der Waals surface area contributed by atoms with Crippen LogP contribution in [-0.2, 0) is 14.3 Å². The van der Waals surface area contributed by atoms with E-state index in [4.69, 9.17) is 4.74 Å². The molecule has 3 heteroatoms. The number of carbonyl (C=O) groups is 2. The van der Waals surface area contributed by atoms with Crippen molar-refractivity contribution in [3.63, 3.8) is 0 Å². The average molecular weight is 154 g/mol. The molecule has 1 aliphatic heterocycles. The quantitative estimate of drug-likeness (QED) is 0.418. The molecule has 0 aliphatic carbocycles. The molecule has 0 aromatic carbocycles. The summed E-state index contributed by atoms with van der Waals surface area (Å²) in [6.07, 6.45) is 1.28. The molecule has 0 fully saturated rings. The van der Waals surface area contributed by atoms with Gasteiger partial charge in [-0.3, -0.25) is 9.59 Å². The number of carbonyl (C=O) groups excluding carboxylic acids is 2. The minimum atomic E-state index is -0.443. The van der Waals surface area contributed by atoms with Crippen LogP contribution in [0.2, 0.25) is 0 Å². The lowest BCUT2D eigenvalue weighted by Crippen LogP contribution is -2.18. The van der Waals surface area contributed by atoms with Gasteiger partial charge in [-0.15, -0.1) is 0 Å². The van der Waals surface area contributed by atoms with Crippen molar-refractivity contribution in [2.75, 3.05) is 0 Å². The predicted molar refractivity (Wildman–Crippen MR) is 38.6 cm³/mol. The van der Waals surface area contributed by atoms with Gasteiger partial charge in [0.2, 0.25) is 0 Å². The highest BCUT2D eigenvalue weighted by molar-refractivity contribution is 6.04. The molecule has 0 unspecified atom stereocenters. The van der Waals surface area contributed by atoms with E-state index in [-0.39, 0.29) is 18.1 Å². The van der Waals surface area contributed by atoms with Gasteiger partial charge in [-0.25, -0.2) is 0 Å². The van der Waals surface area contributed by atoms with Crippen LogP contribution in [0, 0.1) is 5.92 Å². The fraction of sp³-hybridized carbons (Fsp3) is 0.500. The van der Waals surface area contributed by atoms with Crippen LogP contribution >= 0.6 is 0 Å². The summed E-state index contributed by atoms with van der Waals surface area (Å²) in [4.78, 5) is 21.5. The molecule has 0 saturated carbocycles. The first kappa shape index (κ1) is 7.98. The molecule has 0 saturated heterocycles. The molecule has 0 radical (unpaired) electrons. The van der Waals surface area contributed by atoms with E-state index in [9.17, 15) is 9.59 Å². The molecule has 11 heavy (non-hydrogen) atoms. The van der Waals surface area contributed by atoms with Gasteiger partial charge < -0.3 is 4.74 Å². The predicted octanol–water partition coefficient (Wildman–Crippen LogP) is 1.04. The Bertz CT molecular complexity index is 225. The van der Waals surface area contributed by atoms with Crippen molar-refractivity contribution in [2.45, 2.75) is 20.3 Å². The molecule has 0 N–H and O–H groups in total. The van der Waals surface area contributed by atoms with Crippen molar-refractivity contribution in [2.24, 2.45) is 5.92 Å². The second-order valence-electron chi connectivity index (χ2n) is 2.82. The number of rotatable bonds is 1. The van der Waals surface area contributed by atoms with Crippen LogP contribution in [0.1, 0.15) is 20.3 Å². The van der Waals surface area contributed by atoms with Crippen molar-refractivity contribution in [1.82, 2.24) is 0 Å². The zero-order chi connectivity index (χ0) is 8.43. The summed E-state index contributed by atoms with van der Waals surface area (Å²) in [5, 5.41) is 0. The lowest BCUT2D eigenvalue weighted by molar-refractivity contribution is -0.144. The Kier molecular flexibility index (Phi) is 2.08. The number of ether oxygens (including phenoxy) is 1. The van der Waals surface area contributed by atoms with Gasteiger partial charge in [0.05, 0.1) is 0 Å². The molecule has 0 aromatic heterocycles. The van der Waals surface area contributed by atoms with Gasteiger partial charge in [-0.1, -0.05) is 13.8 Å². The molecule has 0 atom stereocenters. The van der Waals surface area contributed by atoms with E-state index in [1.165, 1.54) is 6.08 Å². The molecule has 0 bridgehead atoms. The Labute approximate surface area is 65.0 Å². The van der Waals surface area contributed by atoms with Crippen LogP contribution in [0.3, 0.4) is 0 Å². The zero-order valence-corrected chi connectivity index (χ0v) is 6.59. The van der Waals surface area contributed by atoms with E-state index in [0.717, 1.165) is 0 Å². The summed E-state index contributed by atoms with van der Waals surface area (Å²) in [5.41, 5.74) is 0. The molecular weight excluding hydrogens is 144 g/mol. The third-order valence-corrected chi connectivity index (χ3v) is 1.42. The smallest absolute Gasteiger partial charge is 0.318 e. The second kappa shape index (κ2) is 2.86. The number of ketones is 1. The summed E-state index contributed by atoms with van der Waals surface area (Å²) < 4.78 is 4.82. The summed E-state index contributed by atoms with van der Waals surface area (Å²) in [6, 6.07) is 0. The SMILES string of the molecule is CC(C)C1=CC(=O)CC(=O)O1. The number of hydrogen-bond acceptors (Lipinski definition) is 3. The van der Waals surface area contributed by atoms with Crippen molar-refractivity contribution in [1.29, 1.82) is 0 Å². The Morgan fingerprint density at radius 3 is 2.55 bits per heavy atom. The Hall–Kier alpha value is -1.12. The van der Waals surface area contributed by atoms with Crippen molar-refractivity contribution < 1.29 is 14.3 Å². The largest absolute Gasteiger partial charge is 0.430 e. The standard InChI is InChI=1S/C8H10O3/c1-5(2)7-3-6(9)4-8(10)11-7/h3,5H,4H2,1-2H3. The van der Waals surface area contributed by atoms with Gasteiger partial charge in [0.15, 0.2) is 5.78 Å². The van der Waals surface area contributed by atoms with Gasteiger partial charge in [0.25, 0.3) is 0 Å². The van der Waals surface area contributed by atoms with E-state index in [2.05, 4.69) is 0 Å². The molecule has 60 valence electrons. The molecule has 1 heterocycles. The number of allylic oxidation sites excluding steroid dienone is 2. The van der Waals surface area contributed by atoms with E-state index < -0.39 is 5.97 Å². The monoisotopic (exact) mass is 154 g/mol. The van der Waals surface area contributed by atoms with Crippen LogP contribution in [0.25, 0.3) is 0 Å². The Balaban J connectivity index is 2.80. The summed E-state index contributed by atoms with van der Waals surface area (Å²) in [7, 11) is 0. The maximum Gasteiger partial charge on any atom is 0.318 e. The van der Waals surface area contributed by atoms with Crippen LogP contribution < -0.4 is 0 Å². The highest BCUT2D eigenvalue weighted by atomic mass is 16.5. The van der Waals surface area contributed by atoms with Crippen LogP contribution in [0.4, 0.5) is 0 Å². The molecule has 0 amide bonds. The van der Waals surface area contributed by atoms with Crippen LogP contribution in [0.15, 0.2) is 11.8 Å². The van der Waals surface area contributed by atoms with Crippen molar-refractivity contribution >= 4 is 11.8 Å². The normalized spacial score (nSPS) is 18.3. The van der Waals surface area contributed by atoms with Crippen molar-refractivity contribution in [3.8, 4) is 0 Å². The first-order valence-corrected chi connectivity index (χ1v) is 3.54. The Morgan fingerprint density at radius 1 is 1.45 bits per heavy atom. The third kappa shape index (κ3) is 1.90. The van der Waals surface area contributed by atoms with Gasteiger partial charge in [0, 0.05) is 12.0 Å². The topological polar surface area (TPSA) is 43.4 Å². The first-order chi connectivity index (χ1) is 5.09. The molecule has 1 aliphatic rings. The fourth-order valence-corrected chi connectivity index (χ4v) is 0.833. The number of cyclic esters (lactones) is 1. The minimum absolute atomic E-state index is 0.100. The van der Waals surface area contributed by atoms with Crippen LogP contribution in [-0.4, -0.2) is 11.8 Å². The van der Waals surface area contributed by atoms with E-state index in [0.29, 0.717) is 5.76 Å². The maximum absolute atomic E-state index is 10.8. The third-order valence-electron chi connectivity index (χ3n) is 1.42. The maximum atomic E-state index is 10.8. The lowest BCUT2D eigenvalue weighted by Gasteiger charge is -2.14. The molecule has 1 rings (SSSR count). The molecule has 0 aromatic rings. The van der Waals surface area contributed by atoms with Gasteiger partial charge in [-0.2, -0.15) is 0 Å². The zero-order valence-electron chi connectivity index (χ0n) is 6.59. The van der Waals surface area contributed by atoms with Crippen LogP contribution in [0.5, 0.6) is 0 Å². The minimum Gasteiger partial charge on any atom is -0.430 e. The van der Waals surface area contributed by atoms with E-state index in [1.54, 1.807) is 0 Å². The second-order valence-corrected chi connectivity index (χ2v) is 2.82. The highest BCUT2D eigenvalue weighted by Gasteiger charge is 2.20.